The number of rotatable bonds is 6. The molecule has 0 radical (unpaired) electrons. The van der Waals surface area contributed by atoms with Crippen molar-refractivity contribution in [2.75, 3.05) is 25.5 Å². The van der Waals surface area contributed by atoms with E-state index in [-0.39, 0.29) is 5.91 Å². The molecule has 0 saturated carbocycles. The van der Waals surface area contributed by atoms with Crippen molar-refractivity contribution in [2.45, 2.75) is 12.8 Å². The number of nitrogens with two attached hydrogens (primary N) is 1. The second-order valence-corrected chi connectivity index (χ2v) is 4.55. The zero-order valence-corrected chi connectivity index (χ0v) is 11.6. The Bertz CT molecular complexity index is 434. The third-order valence-electron chi connectivity index (χ3n) is 2.75. The van der Waals surface area contributed by atoms with Crippen LogP contribution in [-0.2, 0) is 4.79 Å². The van der Waals surface area contributed by atoms with Gasteiger partial charge in [-0.2, -0.15) is 0 Å². The van der Waals surface area contributed by atoms with Crippen LogP contribution in [-0.4, -0.2) is 31.5 Å². The van der Waals surface area contributed by atoms with Crippen LogP contribution in [0.15, 0.2) is 24.3 Å². The Balaban J connectivity index is 2.56. The van der Waals surface area contributed by atoms with Gasteiger partial charge in [0, 0.05) is 38.3 Å². The lowest BCUT2D eigenvalue weighted by molar-refractivity contribution is -0.120. The Morgan fingerprint density at radius 2 is 2.22 bits per heavy atom. The molecule has 18 heavy (non-hydrogen) atoms. The van der Waals surface area contributed by atoms with Crippen LogP contribution < -0.4 is 16.0 Å². The molecule has 3 N–H and O–H groups in total. The highest BCUT2D eigenvalue weighted by molar-refractivity contribution is 7.80. The Kier molecular flexibility index (Phi) is 5.58. The van der Waals surface area contributed by atoms with Crippen molar-refractivity contribution < 1.29 is 4.79 Å². The van der Waals surface area contributed by atoms with Crippen LogP contribution in [0.3, 0.4) is 0 Å². The number of nitrogens with one attached hydrogen (secondary N) is 1. The molecule has 0 fully saturated rings. The van der Waals surface area contributed by atoms with Gasteiger partial charge in [-0.3, -0.25) is 4.79 Å². The largest absolute Gasteiger partial charge is 0.389 e. The van der Waals surface area contributed by atoms with Gasteiger partial charge in [-0.15, -0.1) is 0 Å². The van der Waals surface area contributed by atoms with Crippen molar-refractivity contribution in [1.29, 1.82) is 0 Å². The smallest absolute Gasteiger partial charge is 0.219 e. The molecule has 0 bridgehead atoms. The molecule has 1 aromatic carbocycles. The van der Waals surface area contributed by atoms with Gasteiger partial charge in [-0.1, -0.05) is 24.4 Å². The predicted molar refractivity (Wildman–Crippen MR) is 78.9 cm³/mol. The number of anilines is 1. The first-order valence-corrected chi connectivity index (χ1v) is 6.27. The number of benzene rings is 1. The normalized spacial score (nSPS) is 9.89. The number of nitrogens with zero attached hydrogens (tertiary/aromatic N) is 1. The molecule has 1 amide bonds. The zero-order valence-electron chi connectivity index (χ0n) is 10.8. The molecule has 1 aromatic rings. The average molecular weight is 265 g/mol. The lowest BCUT2D eigenvalue weighted by Gasteiger charge is -2.19. The first-order chi connectivity index (χ1) is 8.54. The number of hydrogen-bond donors (Lipinski definition) is 2. The fraction of sp³-hybridized carbons (Fsp3) is 0.385. The summed E-state index contributed by atoms with van der Waals surface area (Å²) in [6.07, 6.45) is 1.35. The summed E-state index contributed by atoms with van der Waals surface area (Å²) >= 11 is 4.95. The van der Waals surface area contributed by atoms with Gasteiger partial charge in [0.15, 0.2) is 0 Å². The van der Waals surface area contributed by atoms with Crippen molar-refractivity contribution in [1.82, 2.24) is 5.32 Å². The van der Waals surface area contributed by atoms with Gasteiger partial charge in [0.2, 0.25) is 5.91 Å². The van der Waals surface area contributed by atoms with E-state index in [2.05, 4.69) is 10.2 Å². The van der Waals surface area contributed by atoms with E-state index in [1.807, 2.05) is 31.3 Å². The molecule has 0 aromatic heterocycles. The maximum absolute atomic E-state index is 11.1. The van der Waals surface area contributed by atoms with Crippen molar-refractivity contribution in [3.8, 4) is 0 Å². The van der Waals surface area contributed by atoms with Crippen LogP contribution in [0, 0.1) is 0 Å². The highest BCUT2D eigenvalue weighted by Gasteiger charge is 2.04. The van der Waals surface area contributed by atoms with Crippen LogP contribution in [0.25, 0.3) is 0 Å². The van der Waals surface area contributed by atoms with Gasteiger partial charge in [0.05, 0.1) is 0 Å². The van der Waals surface area contributed by atoms with Crippen LogP contribution in [0.2, 0.25) is 0 Å². The minimum Gasteiger partial charge on any atom is -0.389 e. The van der Waals surface area contributed by atoms with E-state index in [4.69, 9.17) is 18.0 Å². The first-order valence-electron chi connectivity index (χ1n) is 5.86. The highest BCUT2D eigenvalue weighted by Crippen LogP contribution is 2.15. The molecule has 4 nitrogen and oxygen atoms in total. The molecular weight excluding hydrogens is 246 g/mol. The lowest BCUT2D eigenvalue weighted by atomic mass is 10.2. The number of hydrogen-bond acceptors (Lipinski definition) is 3. The summed E-state index contributed by atoms with van der Waals surface area (Å²) in [5.41, 5.74) is 7.52. The lowest BCUT2D eigenvalue weighted by Crippen LogP contribution is -2.23. The Labute approximate surface area is 113 Å². The molecule has 0 heterocycles. The van der Waals surface area contributed by atoms with E-state index in [9.17, 15) is 4.79 Å². The fourth-order valence-electron chi connectivity index (χ4n) is 1.63. The Morgan fingerprint density at radius 3 is 2.83 bits per heavy atom. The van der Waals surface area contributed by atoms with Crippen molar-refractivity contribution in [3.05, 3.63) is 29.8 Å². The van der Waals surface area contributed by atoms with Crippen LogP contribution in [0.5, 0.6) is 0 Å². The van der Waals surface area contributed by atoms with E-state index in [1.165, 1.54) is 0 Å². The molecule has 0 aliphatic rings. The summed E-state index contributed by atoms with van der Waals surface area (Å²) in [5.74, 6) is 0.0697. The van der Waals surface area contributed by atoms with Gasteiger partial charge in [-0.05, 0) is 18.6 Å². The topological polar surface area (TPSA) is 58.4 Å². The van der Waals surface area contributed by atoms with Crippen molar-refractivity contribution in [3.63, 3.8) is 0 Å². The maximum atomic E-state index is 11.1. The second kappa shape index (κ2) is 6.96. The Morgan fingerprint density at radius 1 is 1.50 bits per heavy atom. The summed E-state index contributed by atoms with van der Waals surface area (Å²) in [6, 6.07) is 7.78. The second-order valence-electron chi connectivity index (χ2n) is 4.11. The molecule has 5 heteroatoms. The summed E-state index contributed by atoms with van der Waals surface area (Å²) in [5, 5.41) is 2.61. The molecule has 1 rings (SSSR count). The van der Waals surface area contributed by atoms with Gasteiger partial charge in [0.1, 0.15) is 4.99 Å². The molecule has 0 saturated heterocycles. The fourth-order valence-corrected chi connectivity index (χ4v) is 1.75. The average Bonchev–Trinajstić information content (AvgIpc) is 2.38. The number of amides is 1. The van der Waals surface area contributed by atoms with E-state index in [1.54, 1.807) is 7.05 Å². The highest BCUT2D eigenvalue weighted by atomic mass is 32.1. The van der Waals surface area contributed by atoms with Crippen LogP contribution >= 0.6 is 12.2 Å². The van der Waals surface area contributed by atoms with Gasteiger partial charge >= 0.3 is 0 Å². The molecule has 0 spiro atoms. The van der Waals surface area contributed by atoms with Gasteiger partial charge in [0.25, 0.3) is 0 Å². The molecule has 0 unspecified atom stereocenters. The zero-order chi connectivity index (χ0) is 13.5. The number of carbonyl (C=O) groups is 1. The van der Waals surface area contributed by atoms with Crippen LogP contribution in [0.4, 0.5) is 5.69 Å². The van der Waals surface area contributed by atoms with Crippen LogP contribution in [0.1, 0.15) is 18.4 Å². The van der Waals surface area contributed by atoms with E-state index in [0.29, 0.717) is 11.4 Å². The summed E-state index contributed by atoms with van der Waals surface area (Å²) in [4.78, 5) is 13.6. The van der Waals surface area contributed by atoms with Crippen molar-refractivity contribution >= 4 is 28.8 Å². The predicted octanol–water partition coefficient (Wildman–Crippen LogP) is 1.28. The summed E-state index contributed by atoms with van der Waals surface area (Å²) < 4.78 is 0. The molecular formula is C13H19N3OS. The van der Waals surface area contributed by atoms with Crippen molar-refractivity contribution in [2.24, 2.45) is 5.73 Å². The third-order valence-corrected chi connectivity index (χ3v) is 2.98. The number of carbonyl (C=O) groups excluding carboxylic acids is 1. The molecule has 0 atom stereocenters. The SMILES string of the molecule is CNC(=O)CCCN(C)c1cccc(C(N)=S)c1. The minimum atomic E-state index is 0.0697. The standard InChI is InChI=1S/C13H19N3OS/c1-15-12(17)7-4-8-16(2)11-6-3-5-10(9-11)13(14)18/h3,5-6,9H,4,7-8H2,1-2H3,(H2,14,18)(H,15,17). The third kappa shape index (κ3) is 4.33. The van der Waals surface area contributed by atoms with Gasteiger partial charge < -0.3 is 16.0 Å². The molecule has 98 valence electrons. The van der Waals surface area contributed by atoms with E-state index < -0.39 is 0 Å². The van der Waals surface area contributed by atoms with E-state index >= 15 is 0 Å². The minimum absolute atomic E-state index is 0.0697. The summed E-state index contributed by atoms with van der Waals surface area (Å²) in [6.45, 7) is 0.814. The van der Waals surface area contributed by atoms with Gasteiger partial charge in [-0.25, -0.2) is 0 Å². The first kappa shape index (κ1) is 14.4. The summed E-state index contributed by atoms with van der Waals surface area (Å²) in [7, 11) is 3.64. The quantitative estimate of drug-likeness (QED) is 0.761. The number of thiocarbonyl (C=S) groups is 1. The maximum Gasteiger partial charge on any atom is 0.219 e. The molecule has 0 aliphatic carbocycles. The molecule has 0 aliphatic heterocycles. The van der Waals surface area contributed by atoms with E-state index in [0.717, 1.165) is 24.2 Å². The Hall–Kier alpha value is -1.62. The monoisotopic (exact) mass is 265 g/mol.